The maximum Gasteiger partial charge on any atom is 0.159 e. The zero-order valence-electron chi connectivity index (χ0n) is 20.4. The van der Waals surface area contributed by atoms with E-state index < -0.39 is 0 Å². The number of hydrogen-bond acceptors (Lipinski definition) is 4. The number of ether oxygens (including phenoxy) is 2. The molecule has 0 aliphatic carbocycles. The van der Waals surface area contributed by atoms with Gasteiger partial charge < -0.3 is 9.47 Å². The Morgan fingerprint density at radius 3 is 2.06 bits per heavy atom. The normalized spacial score (nSPS) is 12.3. The highest BCUT2D eigenvalue weighted by Crippen LogP contribution is 2.18. The molecular formula is C28H42N2O2. The molecule has 0 fully saturated rings. The largest absolute Gasteiger partial charge is 0.490 e. The molecule has 32 heavy (non-hydrogen) atoms. The molecule has 2 aromatic rings. The molecule has 0 aliphatic rings. The van der Waals surface area contributed by atoms with Gasteiger partial charge in [-0.05, 0) is 25.3 Å². The van der Waals surface area contributed by atoms with Crippen molar-refractivity contribution in [2.45, 2.75) is 91.1 Å². The molecule has 0 bridgehead atoms. The zero-order chi connectivity index (χ0) is 22.9. The molecule has 1 heterocycles. The first-order valence-corrected chi connectivity index (χ1v) is 12.6. The quantitative estimate of drug-likeness (QED) is 0.236. The van der Waals surface area contributed by atoms with E-state index in [-0.39, 0.29) is 6.10 Å². The van der Waals surface area contributed by atoms with Gasteiger partial charge >= 0.3 is 0 Å². The van der Waals surface area contributed by atoms with Crippen molar-refractivity contribution in [1.82, 2.24) is 9.97 Å². The topological polar surface area (TPSA) is 44.2 Å². The Hall–Kier alpha value is -2.20. The maximum atomic E-state index is 5.80. The highest BCUT2D eigenvalue weighted by atomic mass is 16.5. The summed E-state index contributed by atoms with van der Waals surface area (Å²) in [4.78, 5) is 8.95. The third-order valence-electron chi connectivity index (χ3n) is 5.50. The minimum Gasteiger partial charge on any atom is -0.490 e. The maximum absolute atomic E-state index is 5.80. The molecule has 4 heteroatoms. The van der Waals surface area contributed by atoms with Gasteiger partial charge in [0.2, 0.25) is 0 Å². The Balaban J connectivity index is 1.70. The first kappa shape index (κ1) is 26.1. The molecule has 1 unspecified atom stereocenters. The van der Waals surface area contributed by atoms with Gasteiger partial charge in [-0.25, -0.2) is 9.97 Å². The second-order valence-corrected chi connectivity index (χ2v) is 8.48. The summed E-state index contributed by atoms with van der Waals surface area (Å²) in [7, 11) is 0. The molecule has 0 spiro atoms. The van der Waals surface area contributed by atoms with Crippen molar-refractivity contribution in [1.29, 1.82) is 0 Å². The van der Waals surface area contributed by atoms with Crippen LogP contribution >= 0.6 is 0 Å². The smallest absolute Gasteiger partial charge is 0.159 e. The molecule has 0 aliphatic heterocycles. The minimum atomic E-state index is 0.128. The van der Waals surface area contributed by atoms with E-state index in [1.807, 2.05) is 0 Å². The molecule has 4 nitrogen and oxygen atoms in total. The van der Waals surface area contributed by atoms with Crippen LogP contribution in [-0.4, -0.2) is 29.3 Å². The van der Waals surface area contributed by atoms with E-state index in [1.54, 1.807) is 12.4 Å². The number of nitrogens with zero attached hydrogens (tertiary/aromatic N) is 2. The zero-order valence-corrected chi connectivity index (χ0v) is 20.4. The number of benzene rings is 1. The molecular weight excluding hydrogens is 396 g/mol. The van der Waals surface area contributed by atoms with Gasteiger partial charge in [0.25, 0.3) is 0 Å². The van der Waals surface area contributed by atoms with Gasteiger partial charge in [0.05, 0.1) is 25.1 Å². The van der Waals surface area contributed by atoms with Crippen molar-refractivity contribution in [3.8, 4) is 17.1 Å². The predicted octanol–water partition coefficient (Wildman–Crippen LogP) is 7.88. The Kier molecular flexibility index (Phi) is 13.4. The lowest BCUT2D eigenvalue weighted by Gasteiger charge is -2.08. The summed E-state index contributed by atoms with van der Waals surface area (Å²) in [6.45, 7) is 8.06. The molecule has 0 N–H and O–H groups in total. The molecule has 1 aromatic heterocycles. The van der Waals surface area contributed by atoms with Crippen molar-refractivity contribution >= 4 is 6.08 Å². The van der Waals surface area contributed by atoms with Crippen LogP contribution in [0.25, 0.3) is 17.5 Å². The molecule has 0 amide bonds. The Labute approximate surface area is 195 Å². The van der Waals surface area contributed by atoms with Crippen LogP contribution in [0.15, 0.2) is 42.7 Å². The van der Waals surface area contributed by atoms with E-state index >= 15 is 0 Å². The van der Waals surface area contributed by atoms with Gasteiger partial charge in [0.15, 0.2) is 11.6 Å². The van der Waals surface area contributed by atoms with Gasteiger partial charge in [0.1, 0.15) is 0 Å². The molecule has 0 radical (unpaired) electrons. The molecule has 2 rings (SSSR count). The molecule has 1 atom stereocenters. The summed E-state index contributed by atoms with van der Waals surface area (Å²) >= 11 is 0. The molecule has 1 aromatic carbocycles. The van der Waals surface area contributed by atoms with E-state index in [4.69, 9.17) is 9.47 Å². The van der Waals surface area contributed by atoms with Crippen molar-refractivity contribution in [3.05, 3.63) is 48.3 Å². The summed E-state index contributed by atoms with van der Waals surface area (Å²) in [5.74, 6) is 1.46. The second-order valence-electron chi connectivity index (χ2n) is 8.48. The van der Waals surface area contributed by atoms with Gasteiger partial charge in [-0.1, -0.05) is 102 Å². The van der Waals surface area contributed by atoms with Gasteiger partial charge in [0, 0.05) is 12.2 Å². The average molecular weight is 439 g/mol. The standard InChI is InChI=1S/C28H42N2O2/c1-4-6-8-9-10-11-12-13-21-32-27-22-29-28(30-23-27)26-18-16-25(17-19-26)15-14-24(3)31-20-7-5-2/h14-19,22-24H,4-13,20-21H2,1-3H3/b15-14+. The lowest BCUT2D eigenvalue weighted by Crippen LogP contribution is -2.05. The Morgan fingerprint density at radius 1 is 0.781 bits per heavy atom. The first-order valence-electron chi connectivity index (χ1n) is 12.6. The van der Waals surface area contributed by atoms with Crippen molar-refractivity contribution < 1.29 is 9.47 Å². The fraction of sp³-hybridized carbons (Fsp3) is 0.571. The fourth-order valence-corrected chi connectivity index (χ4v) is 3.42. The predicted molar refractivity (Wildman–Crippen MR) is 135 cm³/mol. The lowest BCUT2D eigenvalue weighted by molar-refractivity contribution is 0.0955. The van der Waals surface area contributed by atoms with Crippen LogP contribution in [0, 0.1) is 0 Å². The number of hydrogen-bond donors (Lipinski definition) is 0. The average Bonchev–Trinajstić information content (AvgIpc) is 2.83. The molecule has 176 valence electrons. The number of aromatic nitrogens is 2. The van der Waals surface area contributed by atoms with Crippen LogP contribution in [-0.2, 0) is 4.74 Å². The van der Waals surface area contributed by atoms with Crippen LogP contribution in [0.3, 0.4) is 0 Å². The third-order valence-corrected chi connectivity index (χ3v) is 5.50. The monoisotopic (exact) mass is 438 g/mol. The number of rotatable bonds is 17. The first-order chi connectivity index (χ1) is 15.7. The van der Waals surface area contributed by atoms with Crippen LogP contribution in [0.5, 0.6) is 5.75 Å². The van der Waals surface area contributed by atoms with Crippen molar-refractivity contribution in [2.75, 3.05) is 13.2 Å². The SMILES string of the molecule is CCCCCCCCCCOc1cnc(-c2ccc(/C=C/C(C)OCCCC)cc2)nc1. The van der Waals surface area contributed by atoms with Gasteiger partial charge in [-0.15, -0.1) is 0 Å². The minimum absolute atomic E-state index is 0.128. The van der Waals surface area contributed by atoms with Crippen LogP contribution in [0.1, 0.15) is 90.5 Å². The third kappa shape index (κ3) is 10.9. The summed E-state index contributed by atoms with van der Waals surface area (Å²) in [6.07, 6.45) is 20.5. The fourth-order valence-electron chi connectivity index (χ4n) is 3.42. The van der Waals surface area contributed by atoms with E-state index in [0.717, 1.165) is 55.2 Å². The Bertz CT molecular complexity index is 741. The highest BCUT2D eigenvalue weighted by Gasteiger charge is 2.03. The van der Waals surface area contributed by atoms with Crippen molar-refractivity contribution in [3.63, 3.8) is 0 Å². The summed E-state index contributed by atoms with van der Waals surface area (Å²) in [5.41, 5.74) is 2.15. The van der Waals surface area contributed by atoms with E-state index in [9.17, 15) is 0 Å². The summed E-state index contributed by atoms with van der Waals surface area (Å²) in [6, 6.07) is 8.28. The van der Waals surface area contributed by atoms with Crippen molar-refractivity contribution in [2.24, 2.45) is 0 Å². The van der Waals surface area contributed by atoms with Gasteiger partial charge in [-0.3, -0.25) is 0 Å². The lowest BCUT2D eigenvalue weighted by atomic mass is 10.1. The van der Waals surface area contributed by atoms with E-state index in [2.05, 4.69) is 67.2 Å². The molecule has 0 saturated carbocycles. The van der Waals surface area contributed by atoms with Crippen LogP contribution < -0.4 is 4.74 Å². The highest BCUT2D eigenvalue weighted by molar-refractivity contribution is 5.59. The Morgan fingerprint density at radius 2 is 1.41 bits per heavy atom. The van der Waals surface area contributed by atoms with E-state index in [0.29, 0.717) is 0 Å². The van der Waals surface area contributed by atoms with Crippen LogP contribution in [0.4, 0.5) is 0 Å². The summed E-state index contributed by atoms with van der Waals surface area (Å²) in [5, 5.41) is 0. The van der Waals surface area contributed by atoms with E-state index in [1.165, 1.54) is 44.9 Å². The summed E-state index contributed by atoms with van der Waals surface area (Å²) < 4.78 is 11.6. The second kappa shape index (κ2) is 16.4. The molecule has 0 saturated heterocycles. The van der Waals surface area contributed by atoms with Crippen LogP contribution in [0.2, 0.25) is 0 Å². The number of unbranched alkanes of at least 4 members (excludes halogenated alkanes) is 8. The van der Waals surface area contributed by atoms with Gasteiger partial charge in [-0.2, -0.15) is 0 Å².